The predicted octanol–water partition coefficient (Wildman–Crippen LogP) is 4.72. The highest BCUT2D eigenvalue weighted by Crippen LogP contribution is 2.55. The monoisotopic (exact) mass is 666 g/mol. The molecule has 3 saturated heterocycles. The number of piperidine rings is 1. The lowest BCUT2D eigenvalue weighted by Crippen LogP contribution is -2.41. The number of aromatic nitrogens is 5. The van der Waals surface area contributed by atoms with Gasteiger partial charge in [-0.1, -0.05) is 5.16 Å². The Morgan fingerprint density at radius 2 is 1.96 bits per heavy atom. The lowest BCUT2D eigenvalue weighted by atomic mass is 9.63. The highest BCUT2D eigenvalue weighted by Gasteiger charge is 2.49. The highest BCUT2D eigenvalue weighted by molar-refractivity contribution is 7.16. The Balaban J connectivity index is 1.17. The van der Waals surface area contributed by atoms with Crippen LogP contribution in [0.5, 0.6) is 0 Å². The van der Waals surface area contributed by atoms with Gasteiger partial charge in [0.2, 0.25) is 5.91 Å². The molecule has 0 saturated carbocycles. The third kappa shape index (κ3) is 4.37. The van der Waals surface area contributed by atoms with Crippen LogP contribution in [0.25, 0.3) is 22.6 Å². The lowest BCUT2D eigenvalue weighted by molar-refractivity contribution is -0.119. The number of thiophene rings is 1. The molecule has 1 amide bonds. The third-order valence-corrected chi connectivity index (χ3v) is 13.4. The largest absolute Gasteiger partial charge is 0.389 e. The van der Waals surface area contributed by atoms with Crippen LogP contribution in [0.4, 0.5) is 10.8 Å². The molecule has 0 unspecified atom stereocenters. The van der Waals surface area contributed by atoms with Crippen LogP contribution in [-0.4, -0.2) is 75.0 Å². The minimum atomic E-state index is -0.407. The van der Waals surface area contributed by atoms with Crippen molar-refractivity contribution < 1.29 is 9.32 Å². The number of amides is 1. The summed E-state index contributed by atoms with van der Waals surface area (Å²) in [6, 6.07) is 2.94. The maximum atomic E-state index is 12.2. The van der Waals surface area contributed by atoms with Gasteiger partial charge in [0.05, 0.1) is 28.6 Å². The second-order valence-corrected chi connectivity index (χ2v) is 16.1. The van der Waals surface area contributed by atoms with Crippen LogP contribution in [0, 0.1) is 16.7 Å². The summed E-state index contributed by atoms with van der Waals surface area (Å²) in [7, 11) is 2.20. The molecule has 3 aliphatic heterocycles. The molecule has 7 heterocycles. The molecular formula is C35H42N10O2S. The van der Waals surface area contributed by atoms with Gasteiger partial charge in [-0.25, -0.2) is 14.6 Å². The van der Waals surface area contributed by atoms with Crippen LogP contribution in [-0.2, 0) is 23.1 Å². The first-order valence-corrected chi connectivity index (χ1v) is 18.4. The van der Waals surface area contributed by atoms with Gasteiger partial charge in [0.1, 0.15) is 16.9 Å². The number of nitrogens with zero attached hydrogens (tertiary/aromatic N) is 8. The number of carbonyl (C=O) groups is 1. The molecule has 3 N–H and O–H groups in total. The van der Waals surface area contributed by atoms with E-state index >= 15 is 0 Å². The molecular weight excluding hydrogens is 625 g/mol. The van der Waals surface area contributed by atoms with Crippen LogP contribution in [0.1, 0.15) is 98.1 Å². The van der Waals surface area contributed by atoms with Crippen molar-refractivity contribution in [3.8, 4) is 17.6 Å². The maximum Gasteiger partial charge on any atom is 0.220 e. The SMILES string of the molecule is C[C@@H]([C@@H]1CCCN1C)n1ncc2c(N3CCC4(CC3)CNC(=O)C4)nc(-c3noc4c3CCC[C@@]43CCCc4sc(N)c(C#N)c43)nc21. The number of likely N-dealkylation sites (tertiary alicyclic amines) is 1. The van der Waals surface area contributed by atoms with Gasteiger partial charge in [0.25, 0.3) is 0 Å². The number of carbonyl (C=O) groups excluding carboxylic acids is 1. The normalized spacial score (nSPS) is 25.8. The minimum absolute atomic E-state index is 0.0278. The molecule has 48 heavy (non-hydrogen) atoms. The molecule has 2 aliphatic carbocycles. The molecule has 4 aromatic rings. The second kappa shape index (κ2) is 11.0. The molecule has 250 valence electrons. The molecule has 13 heteroatoms. The van der Waals surface area contributed by atoms with Crippen molar-refractivity contribution in [3.05, 3.63) is 33.5 Å². The average Bonchev–Trinajstić information content (AvgIpc) is 3.92. The van der Waals surface area contributed by atoms with E-state index in [-0.39, 0.29) is 17.4 Å². The van der Waals surface area contributed by atoms with Crippen LogP contribution in [0.15, 0.2) is 10.7 Å². The van der Waals surface area contributed by atoms with Gasteiger partial charge >= 0.3 is 0 Å². The van der Waals surface area contributed by atoms with E-state index in [1.54, 1.807) is 11.3 Å². The molecule has 0 radical (unpaired) electrons. The van der Waals surface area contributed by atoms with Crippen molar-refractivity contribution in [3.63, 3.8) is 0 Å². The van der Waals surface area contributed by atoms with Gasteiger partial charge < -0.3 is 25.4 Å². The summed E-state index contributed by atoms with van der Waals surface area (Å²) in [4.78, 5) is 28.7. The molecule has 0 aromatic carbocycles. The van der Waals surface area contributed by atoms with E-state index < -0.39 is 5.41 Å². The van der Waals surface area contributed by atoms with Crippen molar-refractivity contribution in [2.45, 2.75) is 95.1 Å². The standard InChI is InChI=1S/C35H42N10O2S/c1-20(24-7-5-13-43(24)2)45-33-23(18-39-45)32(44-14-11-34(12-15-44)16-26(46)38-19-34)40-31(41-33)28-21-6-3-9-35(29(21)47-42-28)10-4-8-25-27(35)22(17-36)30(37)48-25/h18,20,24H,3-16,19,37H2,1-2H3,(H,38,46)/t20-,24-,35-/m0/s1. The van der Waals surface area contributed by atoms with E-state index in [4.69, 9.17) is 30.5 Å². The van der Waals surface area contributed by atoms with E-state index in [0.29, 0.717) is 34.5 Å². The maximum absolute atomic E-state index is 12.2. The number of fused-ring (bicyclic) bond motifs is 5. The van der Waals surface area contributed by atoms with Crippen LogP contribution >= 0.6 is 11.3 Å². The number of rotatable bonds is 4. The van der Waals surface area contributed by atoms with Gasteiger partial charge in [-0.15, -0.1) is 11.3 Å². The summed E-state index contributed by atoms with van der Waals surface area (Å²) in [5, 5.41) is 24.5. The lowest BCUT2D eigenvalue weighted by Gasteiger charge is -2.39. The number of nitriles is 1. The summed E-state index contributed by atoms with van der Waals surface area (Å²) in [5.41, 5.74) is 10.3. The minimum Gasteiger partial charge on any atom is -0.389 e. The first-order valence-electron chi connectivity index (χ1n) is 17.6. The third-order valence-electron chi connectivity index (χ3n) is 12.3. The average molecular weight is 667 g/mol. The fraction of sp³-hybridized carbons (Fsp3) is 0.600. The van der Waals surface area contributed by atoms with Crippen LogP contribution in [0.3, 0.4) is 0 Å². The van der Waals surface area contributed by atoms with E-state index in [2.05, 4.69) is 39.8 Å². The molecule has 0 bridgehead atoms. The topological polar surface area (TPSA) is 155 Å². The van der Waals surface area contributed by atoms with Crippen molar-refractivity contribution in [2.24, 2.45) is 5.41 Å². The van der Waals surface area contributed by atoms with Gasteiger partial charge in [-0.05, 0) is 95.7 Å². The number of hydrogen-bond acceptors (Lipinski definition) is 11. The van der Waals surface area contributed by atoms with Crippen LogP contribution in [0.2, 0.25) is 0 Å². The van der Waals surface area contributed by atoms with E-state index in [1.165, 1.54) is 11.3 Å². The summed E-state index contributed by atoms with van der Waals surface area (Å²) < 4.78 is 8.46. The number of nitrogens with one attached hydrogen (secondary N) is 1. The van der Waals surface area contributed by atoms with Crippen molar-refractivity contribution in [2.75, 3.05) is 43.9 Å². The summed E-state index contributed by atoms with van der Waals surface area (Å²) in [5.74, 6) is 2.46. The Labute approximate surface area is 283 Å². The molecule has 9 rings (SSSR count). The number of likely N-dealkylation sites (N-methyl/N-ethyl adjacent to an activating group) is 1. The van der Waals surface area contributed by atoms with E-state index in [1.807, 2.05) is 6.20 Å². The van der Waals surface area contributed by atoms with E-state index in [0.717, 1.165) is 118 Å². The number of nitrogens with two attached hydrogens (primary N) is 1. The first kappa shape index (κ1) is 30.1. The smallest absolute Gasteiger partial charge is 0.220 e. The zero-order valence-electron chi connectivity index (χ0n) is 27.7. The number of nitrogen functional groups attached to an aromatic ring is 1. The van der Waals surface area contributed by atoms with Crippen LogP contribution < -0.4 is 16.0 Å². The molecule has 2 spiro atoms. The molecule has 3 atom stereocenters. The first-order chi connectivity index (χ1) is 23.3. The fourth-order valence-electron chi connectivity index (χ4n) is 9.78. The van der Waals surface area contributed by atoms with Crippen molar-refractivity contribution in [1.82, 2.24) is 35.1 Å². The highest BCUT2D eigenvalue weighted by atomic mass is 32.1. The Hall–Kier alpha value is -4.02. The summed E-state index contributed by atoms with van der Waals surface area (Å²) >= 11 is 1.56. The zero-order valence-corrected chi connectivity index (χ0v) is 28.5. The Morgan fingerprint density at radius 3 is 2.69 bits per heavy atom. The predicted molar refractivity (Wildman–Crippen MR) is 183 cm³/mol. The molecule has 3 fully saturated rings. The molecule has 12 nitrogen and oxygen atoms in total. The Morgan fingerprint density at radius 1 is 1.15 bits per heavy atom. The number of aryl methyl sites for hydroxylation is 1. The number of hydrogen-bond donors (Lipinski definition) is 2. The summed E-state index contributed by atoms with van der Waals surface area (Å²) in [6.45, 7) is 5.71. The quantitative estimate of drug-likeness (QED) is 0.313. The van der Waals surface area contributed by atoms with Crippen molar-refractivity contribution in [1.29, 1.82) is 5.26 Å². The van der Waals surface area contributed by atoms with Crippen molar-refractivity contribution >= 4 is 39.1 Å². The Kier molecular flexibility index (Phi) is 6.89. The fourth-order valence-corrected chi connectivity index (χ4v) is 10.9. The van der Waals surface area contributed by atoms with Gasteiger partial charge in [0, 0.05) is 42.5 Å². The van der Waals surface area contributed by atoms with Gasteiger partial charge in [-0.3, -0.25) is 4.79 Å². The second-order valence-electron chi connectivity index (χ2n) is 14.9. The van der Waals surface area contributed by atoms with E-state index in [9.17, 15) is 10.1 Å². The summed E-state index contributed by atoms with van der Waals surface area (Å²) in [6.07, 6.45) is 12.3. The van der Waals surface area contributed by atoms with Gasteiger partial charge in [0.15, 0.2) is 22.9 Å². The number of anilines is 2. The Bertz CT molecular complexity index is 1980. The molecule has 5 aliphatic rings. The van der Waals surface area contributed by atoms with Gasteiger partial charge in [-0.2, -0.15) is 10.4 Å². The zero-order chi connectivity index (χ0) is 32.8. The molecule has 4 aromatic heterocycles.